The van der Waals surface area contributed by atoms with Crippen molar-refractivity contribution >= 4 is 11.3 Å². The largest absolute Gasteiger partial charge is 0.309 e. The molecule has 0 fully saturated rings. The van der Waals surface area contributed by atoms with Crippen molar-refractivity contribution in [2.45, 2.75) is 32.7 Å². The minimum Gasteiger partial charge on any atom is -0.309 e. The second-order valence-corrected chi connectivity index (χ2v) is 4.17. The number of hydrogen-bond acceptors (Lipinski definition) is 2. The maximum Gasteiger partial charge on any atom is 0.0441 e. The summed E-state index contributed by atoms with van der Waals surface area (Å²) in [5, 5.41) is 7.85. The summed E-state index contributed by atoms with van der Waals surface area (Å²) in [6.45, 7) is 5.34. The van der Waals surface area contributed by atoms with Gasteiger partial charge in [-0.25, -0.2) is 0 Å². The molecule has 0 aliphatic heterocycles. The van der Waals surface area contributed by atoms with E-state index < -0.39 is 0 Å². The Morgan fingerprint density at radius 1 is 1.57 bits per heavy atom. The summed E-state index contributed by atoms with van der Waals surface area (Å²) in [5.41, 5.74) is 2.71. The van der Waals surface area contributed by atoms with Gasteiger partial charge in [0.2, 0.25) is 0 Å². The Hall–Kier alpha value is -0.780. The van der Waals surface area contributed by atoms with Crippen LogP contribution < -0.4 is 5.32 Å². The third-order valence-electron chi connectivity index (χ3n) is 2.23. The zero-order valence-corrected chi connectivity index (χ0v) is 9.66. The molecule has 0 saturated carbocycles. The van der Waals surface area contributed by atoms with Gasteiger partial charge in [-0.2, -0.15) is 11.3 Å². The lowest BCUT2D eigenvalue weighted by Crippen LogP contribution is -2.21. The molecule has 0 amide bonds. The van der Waals surface area contributed by atoms with Crippen LogP contribution in [-0.2, 0) is 0 Å². The van der Waals surface area contributed by atoms with Gasteiger partial charge in [0.15, 0.2) is 0 Å². The summed E-state index contributed by atoms with van der Waals surface area (Å²) in [4.78, 5) is 0. The zero-order valence-electron chi connectivity index (χ0n) is 8.84. The molecule has 1 aromatic heterocycles. The van der Waals surface area contributed by atoms with E-state index in [9.17, 15) is 0 Å². The Kier molecular flexibility index (Phi) is 4.72. The molecule has 2 heteroatoms. The summed E-state index contributed by atoms with van der Waals surface area (Å²) in [7, 11) is 0. The van der Waals surface area contributed by atoms with Gasteiger partial charge in [0, 0.05) is 12.5 Å². The van der Waals surface area contributed by atoms with Gasteiger partial charge < -0.3 is 5.32 Å². The number of hydrogen-bond donors (Lipinski definition) is 1. The van der Waals surface area contributed by atoms with Gasteiger partial charge in [0.1, 0.15) is 0 Å². The monoisotopic (exact) mass is 207 g/mol. The molecule has 1 aromatic rings. The highest BCUT2D eigenvalue weighted by Crippen LogP contribution is 2.23. The molecule has 1 nitrogen and oxygen atoms in total. The molecule has 0 spiro atoms. The fraction of sp³-hybridized carbons (Fsp3) is 0.500. The maximum atomic E-state index is 5.37. The number of thiophene rings is 1. The lowest BCUT2D eigenvalue weighted by atomic mass is 10.0. The van der Waals surface area contributed by atoms with Gasteiger partial charge in [0.25, 0.3) is 0 Å². The Bertz CT molecular complexity index is 308. The Labute approximate surface area is 90.5 Å². The second-order valence-electron chi connectivity index (χ2n) is 3.43. The van der Waals surface area contributed by atoms with Crippen molar-refractivity contribution in [2.24, 2.45) is 0 Å². The lowest BCUT2D eigenvalue weighted by Gasteiger charge is -2.15. The molecule has 14 heavy (non-hydrogen) atoms. The van der Waals surface area contributed by atoms with Crippen LogP contribution in [0.3, 0.4) is 0 Å². The van der Waals surface area contributed by atoms with Crippen LogP contribution in [0.15, 0.2) is 10.8 Å². The van der Waals surface area contributed by atoms with Crippen LogP contribution in [0.2, 0.25) is 0 Å². The number of terminal acetylenes is 1. The average Bonchev–Trinajstić information content (AvgIpc) is 2.59. The fourth-order valence-corrected chi connectivity index (χ4v) is 2.36. The van der Waals surface area contributed by atoms with Gasteiger partial charge >= 0.3 is 0 Å². The van der Waals surface area contributed by atoms with E-state index in [0.29, 0.717) is 6.04 Å². The van der Waals surface area contributed by atoms with Crippen LogP contribution in [0.5, 0.6) is 0 Å². The molecule has 0 saturated heterocycles. The van der Waals surface area contributed by atoms with Gasteiger partial charge in [-0.1, -0.05) is 6.92 Å². The predicted molar refractivity (Wildman–Crippen MR) is 63.5 cm³/mol. The van der Waals surface area contributed by atoms with Gasteiger partial charge in [-0.05, 0) is 41.8 Å². The highest BCUT2D eigenvalue weighted by atomic mass is 32.1. The Morgan fingerprint density at radius 3 is 2.86 bits per heavy atom. The summed E-state index contributed by atoms with van der Waals surface area (Å²) < 4.78 is 0. The Balaban J connectivity index is 2.68. The molecule has 0 aromatic carbocycles. The van der Waals surface area contributed by atoms with Crippen LogP contribution in [-0.4, -0.2) is 6.54 Å². The molecule has 0 aliphatic rings. The van der Waals surface area contributed by atoms with E-state index >= 15 is 0 Å². The van der Waals surface area contributed by atoms with Crippen molar-refractivity contribution in [3.05, 3.63) is 21.9 Å². The van der Waals surface area contributed by atoms with Gasteiger partial charge in [0.05, 0.1) is 0 Å². The van der Waals surface area contributed by atoms with Crippen LogP contribution in [0.4, 0.5) is 0 Å². The number of rotatable bonds is 5. The smallest absolute Gasteiger partial charge is 0.0441 e. The first kappa shape index (κ1) is 11.3. The maximum absolute atomic E-state index is 5.37. The highest BCUT2D eigenvalue weighted by Gasteiger charge is 2.11. The molecule has 1 rings (SSSR count). The SMILES string of the molecule is C#CCC(NCCC)c1cscc1C. The van der Waals surface area contributed by atoms with Crippen LogP contribution in [0.1, 0.15) is 36.9 Å². The van der Waals surface area contributed by atoms with Crippen LogP contribution in [0, 0.1) is 19.3 Å². The quantitative estimate of drug-likeness (QED) is 0.731. The van der Waals surface area contributed by atoms with Crippen molar-refractivity contribution < 1.29 is 0 Å². The molecular weight excluding hydrogens is 190 g/mol. The van der Waals surface area contributed by atoms with Crippen LogP contribution in [0.25, 0.3) is 0 Å². The average molecular weight is 207 g/mol. The molecular formula is C12H17NS. The van der Waals surface area contributed by atoms with Crippen molar-refractivity contribution in [1.82, 2.24) is 5.32 Å². The van der Waals surface area contributed by atoms with Gasteiger partial charge in [-0.3, -0.25) is 0 Å². The van der Waals surface area contributed by atoms with E-state index in [1.54, 1.807) is 11.3 Å². The molecule has 0 bridgehead atoms. The van der Waals surface area contributed by atoms with E-state index in [1.807, 2.05) is 0 Å². The normalized spacial score (nSPS) is 12.4. The van der Waals surface area contributed by atoms with E-state index in [-0.39, 0.29) is 0 Å². The topological polar surface area (TPSA) is 12.0 Å². The second kappa shape index (κ2) is 5.85. The van der Waals surface area contributed by atoms with E-state index in [4.69, 9.17) is 6.42 Å². The first-order chi connectivity index (χ1) is 6.79. The molecule has 0 radical (unpaired) electrons. The zero-order chi connectivity index (χ0) is 10.4. The summed E-state index contributed by atoms with van der Waals surface area (Å²) in [5.74, 6) is 2.73. The molecule has 76 valence electrons. The first-order valence-electron chi connectivity index (χ1n) is 4.99. The van der Waals surface area contributed by atoms with E-state index in [0.717, 1.165) is 19.4 Å². The van der Waals surface area contributed by atoms with Crippen molar-refractivity contribution in [2.75, 3.05) is 6.54 Å². The van der Waals surface area contributed by atoms with E-state index in [1.165, 1.54) is 11.1 Å². The van der Waals surface area contributed by atoms with E-state index in [2.05, 4.69) is 35.8 Å². The number of nitrogens with one attached hydrogen (secondary N) is 1. The predicted octanol–water partition coefficient (Wildman–Crippen LogP) is 3.12. The standard InChI is InChI=1S/C12H17NS/c1-4-6-12(13-7-5-2)11-9-14-8-10(11)3/h1,8-9,12-13H,5-7H2,2-3H3. The third-order valence-corrected chi connectivity index (χ3v) is 3.11. The third kappa shape index (κ3) is 2.87. The summed E-state index contributed by atoms with van der Waals surface area (Å²) >= 11 is 1.75. The minimum absolute atomic E-state index is 0.339. The highest BCUT2D eigenvalue weighted by molar-refractivity contribution is 7.08. The molecule has 1 N–H and O–H groups in total. The molecule has 1 atom stereocenters. The van der Waals surface area contributed by atoms with Crippen LogP contribution >= 0.6 is 11.3 Å². The summed E-state index contributed by atoms with van der Waals surface area (Å²) in [6.07, 6.45) is 7.29. The van der Waals surface area contributed by atoms with Crippen molar-refractivity contribution in [3.8, 4) is 12.3 Å². The lowest BCUT2D eigenvalue weighted by molar-refractivity contribution is 0.542. The molecule has 1 heterocycles. The first-order valence-corrected chi connectivity index (χ1v) is 5.93. The van der Waals surface area contributed by atoms with Crippen molar-refractivity contribution in [1.29, 1.82) is 0 Å². The molecule has 0 aliphatic carbocycles. The molecule has 1 unspecified atom stereocenters. The van der Waals surface area contributed by atoms with Crippen molar-refractivity contribution in [3.63, 3.8) is 0 Å². The number of aryl methyl sites for hydroxylation is 1. The minimum atomic E-state index is 0.339. The fourth-order valence-electron chi connectivity index (χ4n) is 1.46. The summed E-state index contributed by atoms with van der Waals surface area (Å²) in [6, 6.07) is 0.339. The van der Waals surface area contributed by atoms with Gasteiger partial charge in [-0.15, -0.1) is 12.3 Å². The Morgan fingerprint density at radius 2 is 2.36 bits per heavy atom.